The molecule has 0 aromatic heterocycles. The van der Waals surface area contributed by atoms with Gasteiger partial charge in [0, 0.05) is 11.3 Å². The highest BCUT2D eigenvalue weighted by Gasteiger charge is 2.13. The SMILES string of the molecule is NC(=S)c1cccc(NC(=O)c2cccc(F)c2Br)c1. The van der Waals surface area contributed by atoms with Crippen LogP contribution in [0.3, 0.4) is 0 Å². The lowest BCUT2D eigenvalue weighted by Gasteiger charge is -2.08. The molecule has 20 heavy (non-hydrogen) atoms. The highest BCUT2D eigenvalue weighted by molar-refractivity contribution is 9.10. The molecule has 6 heteroatoms. The number of nitrogens with two attached hydrogens (primary N) is 1. The minimum Gasteiger partial charge on any atom is -0.389 e. The first-order valence-corrected chi connectivity index (χ1v) is 6.84. The Morgan fingerprint density at radius 1 is 1.25 bits per heavy atom. The summed E-state index contributed by atoms with van der Waals surface area (Å²) in [7, 11) is 0. The highest BCUT2D eigenvalue weighted by atomic mass is 79.9. The van der Waals surface area contributed by atoms with E-state index in [1.54, 1.807) is 24.3 Å². The Balaban J connectivity index is 2.26. The molecule has 0 aliphatic carbocycles. The normalized spacial score (nSPS) is 10.1. The molecule has 2 aromatic carbocycles. The van der Waals surface area contributed by atoms with E-state index in [-0.39, 0.29) is 15.0 Å². The first-order chi connectivity index (χ1) is 9.49. The molecule has 0 fully saturated rings. The van der Waals surface area contributed by atoms with Gasteiger partial charge >= 0.3 is 0 Å². The second kappa shape index (κ2) is 6.11. The highest BCUT2D eigenvalue weighted by Crippen LogP contribution is 2.21. The number of nitrogens with one attached hydrogen (secondary N) is 1. The smallest absolute Gasteiger partial charge is 0.256 e. The monoisotopic (exact) mass is 352 g/mol. The van der Waals surface area contributed by atoms with Crippen molar-refractivity contribution in [3.63, 3.8) is 0 Å². The van der Waals surface area contributed by atoms with Crippen LogP contribution in [0.4, 0.5) is 10.1 Å². The van der Waals surface area contributed by atoms with Crippen molar-refractivity contribution in [1.82, 2.24) is 0 Å². The second-order valence-corrected chi connectivity index (χ2v) is 5.23. The number of carbonyl (C=O) groups excluding carboxylic acids is 1. The number of anilines is 1. The molecule has 2 aromatic rings. The number of halogens is 2. The van der Waals surface area contributed by atoms with Crippen LogP contribution in [-0.2, 0) is 0 Å². The van der Waals surface area contributed by atoms with Gasteiger partial charge in [0.1, 0.15) is 10.8 Å². The van der Waals surface area contributed by atoms with Crippen LogP contribution in [0.1, 0.15) is 15.9 Å². The lowest BCUT2D eigenvalue weighted by Crippen LogP contribution is -2.14. The van der Waals surface area contributed by atoms with Crippen molar-refractivity contribution in [3.05, 3.63) is 63.9 Å². The summed E-state index contributed by atoms with van der Waals surface area (Å²) in [6.45, 7) is 0. The third-order valence-corrected chi connectivity index (χ3v) is 3.64. The average Bonchev–Trinajstić information content (AvgIpc) is 2.42. The Bertz CT molecular complexity index is 691. The number of rotatable bonds is 3. The molecule has 0 unspecified atom stereocenters. The van der Waals surface area contributed by atoms with Crippen molar-refractivity contribution >= 4 is 44.7 Å². The molecule has 0 radical (unpaired) electrons. The van der Waals surface area contributed by atoms with Crippen LogP contribution in [0.2, 0.25) is 0 Å². The molecular formula is C14H10BrFN2OS. The molecule has 0 aliphatic heterocycles. The van der Waals surface area contributed by atoms with E-state index in [0.717, 1.165) is 0 Å². The largest absolute Gasteiger partial charge is 0.389 e. The zero-order valence-electron chi connectivity index (χ0n) is 10.2. The van der Waals surface area contributed by atoms with Gasteiger partial charge in [-0.25, -0.2) is 4.39 Å². The van der Waals surface area contributed by atoms with Crippen LogP contribution in [0, 0.1) is 5.82 Å². The summed E-state index contributed by atoms with van der Waals surface area (Å²) in [6, 6.07) is 11.1. The zero-order chi connectivity index (χ0) is 14.7. The molecule has 0 heterocycles. The third kappa shape index (κ3) is 3.20. The zero-order valence-corrected chi connectivity index (χ0v) is 12.6. The predicted octanol–water partition coefficient (Wildman–Crippen LogP) is 3.47. The Morgan fingerprint density at radius 3 is 2.65 bits per heavy atom. The third-order valence-electron chi connectivity index (χ3n) is 2.60. The van der Waals surface area contributed by atoms with E-state index in [9.17, 15) is 9.18 Å². The Labute approximate surface area is 129 Å². The van der Waals surface area contributed by atoms with E-state index < -0.39 is 11.7 Å². The molecule has 102 valence electrons. The summed E-state index contributed by atoms with van der Waals surface area (Å²) >= 11 is 7.93. The minimum atomic E-state index is -0.491. The fraction of sp³-hybridized carbons (Fsp3) is 0. The maximum atomic E-state index is 13.4. The Morgan fingerprint density at radius 2 is 1.95 bits per heavy atom. The lowest BCUT2D eigenvalue weighted by molar-refractivity contribution is 0.102. The first-order valence-electron chi connectivity index (χ1n) is 5.64. The van der Waals surface area contributed by atoms with Crippen molar-refractivity contribution in [2.24, 2.45) is 5.73 Å². The van der Waals surface area contributed by atoms with Gasteiger partial charge in [0.25, 0.3) is 5.91 Å². The molecule has 0 spiro atoms. The molecule has 0 aliphatic rings. The lowest BCUT2D eigenvalue weighted by atomic mass is 10.1. The first kappa shape index (κ1) is 14.6. The number of carbonyl (C=O) groups is 1. The number of amides is 1. The van der Waals surface area contributed by atoms with Gasteiger partial charge < -0.3 is 11.1 Å². The summed E-state index contributed by atoms with van der Waals surface area (Å²) in [4.78, 5) is 12.3. The van der Waals surface area contributed by atoms with Crippen LogP contribution < -0.4 is 11.1 Å². The quantitative estimate of drug-likeness (QED) is 0.831. The van der Waals surface area contributed by atoms with Crippen LogP contribution in [0.15, 0.2) is 46.9 Å². The predicted molar refractivity (Wildman–Crippen MR) is 84.4 cm³/mol. The van der Waals surface area contributed by atoms with Gasteiger partial charge in [-0.15, -0.1) is 0 Å². The molecule has 0 bridgehead atoms. The van der Waals surface area contributed by atoms with Crippen LogP contribution >= 0.6 is 28.1 Å². The van der Waals surface area contributed by atoms with Crippen LogP contribution in [0.5, 0.6) is 0 Å². The molecule has 2 rings (SSSR count). The van der Waals surface area contributed by atoms with Crippen molar-refractivity contribution in [1.29, 1.82) is 0 Å². The van der Waals surface area contributed by atoms with Gasteiger partial charge in [0.2, 0.25) is 0 Å². The van der Waals surface area contributed by atoms with E-state index in [2.05, 4.69) is 21.2 Å². The number of hydrogen-bond acceptors (Lipinski definition) is 2. The number of thiocarbonyl (C=S) groups is 1. The second-order valence-electron chi connectivity index (χ2n) is 4.00. The molecular weight excluding hydrogens is 343 g/mol. The summed E-state index contributed by atoms with van der Waals surface area (Å²) in [5.41, 5.74) is 6.93. The maximum absolute atomic E-state index is 13.4. The van der Waals surface area contributed by atoms with Gasteiger partial charge in [-0.3, -0.25) is 4.79 Å². The summed E-state index contributed by atoms with van der Waals surface area (Å²) in [5.74, 6) is -0.911. The molecule has 0 saturated carbocycles. The molecule has 0 saturated heterocycles. The van der Waals surface area contributed by atoms with E-state index >= 15 is 0 Å². The average molecular weight is 353 g/mol. The Hall–Kier alpha value is -1.79. The summed E-state index contributed by atoms with van der Waals surface area (Å²) in [6.07, 6.45) is 0. The van der Waals surface area contributed by atoms with Gasteiger partial charge in [-0.05, 0) is 40.2 Å². The number of benzene rings is 2. The van der Waals surface area contributed by atoms with E-state index in [0.29, 0.717) is 11.3 Å². The van der Waals surface area contributed by atoms with Gasteiger partial charge in [-0.1, -0.05) is 30.4 Å². The van der Waals surface area contributed by atoms with Crippen LogP contribution in [0.25, 0.3) is 0 Å². The molecule has 3 nitrogen and oxygen atoms in total. The van der Waals surface area contributed by atoms with Crippen molar-refractivity contribution < 1.29 is 9.18 Å². The summed E-state index contributed by atoms with van der Waals surface area (Å²) in [5, 5.41) is 2.67. The van der Waals surface area contributed by atoms with Gasteiger partial charge in [0.05, 0.1) is 10.0 Å². The van der Waals surface area contributed by atoms with E-state index in [4.69, 9.17) is 18.0 Å². The standard InChI is InChI=1S/C14H10BrFN2OS/c15-12-10(5-2-6-11(12)16)14(19)18-9-4-1-3-8(7-9)13(17)20/h1-7H,(H2,17,20)(H,18,19). The molecule has 0 atom stereocenters. The van der Waals surface area contributed by atoms with Crippen LogP contribution in [-0.4, -0.2) is 10.9 Å². The topological polar surface area (TPSA) is 55.1 Å². The molecule has 1 amide bonds. The van der Waals surface area contributed by atoms with Gasteiger partial charge in [-0.2, -0.15) is 0 Å². The number of hydrogen-bond donors (Lipinski definition) is 2. The van der Waals surface area contributed by atoms with Crippen molar-refractivity contribution in [2.75, 3.05) is 5.32 Å². The molecule has 3 N–H and O–H groups in total. The van der Waals surface area contributed by atoms with E-state index in [1.807, 2.05) is 0 Å². The van der Waals surface area contributed by atoms with E-state index in [1.165, 1.54) is 18.2 Å². The van der Waals surface area contributed by atoms with Crippen molar-refractivity contribution in [3.8, 4) is 0 Å². The van der Waals surface area contributed by atoms with Crippen molar-refractivity contribution in [2.45, 2.75) is 0 Å². The fourth-order valence-electron chi connectivity index (χ4n) is 1.63. The summed E-state index contributed by atoms with van der Waals surface area (Å²) < 4.78 is 13.5. The minimum absolute atomic E-state index is 0.128. The maximum Gasteiger partial charge on any atom is 0.256 e. The Kier molecular flexibility index (Phi) is 4.46. The fourth-order valence-corrected chi connectivity index (χ4v) is 2.20. The van der Waals surface area contributed by atoms with Gasteiger partial charge in [0.15, 0.2) is 0 Å².